The Bertz CT molecular complexity index is 1080. The van der Waals surface area contributed by atoms with Crippen molar-refractivity contribution in [3.05, 3.63) is 87.6 Å². The third-order valence-corrected chi connectivity index (χ3v) is 6.64. The largest absolute Gasteiger partial charge is 0.497 e. The summed E-state index contributed by atoms with van der Waals surface area (Å²) in [6.45, 7) is 1.18. The Balaban J connectivity index is 1.69. The van der Waals surface area contributed by atoms with Gasteiger partial charge in [-0.1, -0.05) is 36.4 Å². The van der Waals surface area contributed by atoms with E-state index in [1.165, 1.54) is 0 Å². The quantitative estimate of drug-likeness (QED) is 0.563. The van der Waals surface area contributed by atoms with E-state index in [0.29, 0.717) is 25.3 Å². The van der Waals surface area contributed by atoms with Crippen LogP contribution < -0.4 is 10.1 Å². The fourth-order valence-electron chi connectivity index (χ4n) is 4.17. The Kier molecular flexibility index (Phi) is 6.87. The zero-order chi connectivity index (χ0) is 22.5. The summed E-state index contributed by atoms with van der Waals surface area (Å²) in [4.78, 5) is 29.7. The molecule has 0 aliphatic carbocycles. The van der Waals surface area contributed by atoms with Crippen LogP contribution in [0.15, 0.2) is 66.0 Å². The third kappa shape index (κ3) is 4.40. The van der Waals surface area contributed by atoms with E-state index in [1.54, 1.807) is 36.5 Å². The van der Waals surface area contributed by atoms with Gasteiger partial charge < -0.3 is 19.7 Å². The molecule has 0 saturated heterocycles. The van der Waals surface area contributed by atoms with Crippen molar-refractivity contribution in [2.75, 3.05) is 27.4 Å². The maximum absolute atomic E-state index is 13.6. The number of nitrogens with one attached hydrogen (secondary N) is 1. The summed E-state index contributed by atoms with van der Waals surface area (Å²) in [5.41, 5.74) is 2.27. The van der Waals surface area contributed by atoms with Gasteiger partial charge in [0.05, 0.1) is 25.7 Å². The molecule has 0 bridgehead atoms. The summed E-state index contributed by atoms with van der Waals surface area (Å²) in [5.74, 6) is 0.0269. The van der Waals surface area contributed by atoms with Gasteiger partial charge in [0.2, 0.25) is 5.91 Å². The van der Waals surface area contributed by atoms with Crippen molar-refractivity contribution in [2.45, 2.75) is 18.5 Å². The number of rotatable bonds is 8. The number of methoxy groups -OCH3 is 2. The molecule has 1 aliphatic rings. The van der Waals surface area contributed by atoms with Crippen molar-refractivity contribution in [1.29, 1.82) is 0 Å². The number of amides is 2. The predicted molar refractivity (Wildman–Crippen MR) is 124 cm³/mol. The van der Waals surface area contributed by atoms with E-state index < -0.39 is 12.0 Å². The molecule has 1 aromatic heterocycles. The predicted octanol–water partition coefficient (Wildman–Crippen LogP) is 4.00. The first kappa shape index (κ1) is 22.0. The Labute approximate surface area is 191 Å². The summed E-state index contributed by atoms with van der Waals surface area (Å²) >= 11 is 1.55. The van der Waals surface area contributed by atoms with Gasteiger partial charge in [-0.25, -0.2) is 0 Å². The molecule has 166 valence electrons. The molecule has 32 heavy (non-hydrogen) atoms. The van der Waals surface area contributed by atoms with Gasteiger partial charge in [-0.3, -0.25) is 9.59 Å². The number of carbonyl (C=O) groups is 2. The Morgan fingerprint density at radius 2 is 1.94 bits per heavy atom. The van der Waals surface area contributed by atoms with Gasteiger partial charge in [-0.2, -0.15) is 0 Å². The average molecular weight is 451 g/mol. The molecule has 0 radical (unpaired) electrons. The van der Waals surface area contributed by atoms with Gasteiger partial charge in [0.1, 0.15) is 5.75 Å². The number of hydrogen-bond donors (Lipinski definition) is 1. The van der Waals surface area contributed by atoms with Gasteiger partial charge in [0.25, 0.3) is 5.91 Å². The van der Waals surface area contributed by atoms with E-state index in [4.69, 9.17) is 9.47 Å². The van der Waals surface area contributed by atoms with Crippen LogP contribution in [-0.2, 0) is 16.1 Å². The highest BCUT2D eigenvalue weighted by Crippen LogP contribution is 2.44. The number of benzene rings is 2. The van der Waals surface area contributed by atoms with Crippen molar-refractivity contribution in [3.63, 3.8) is 0 Å². The van der Waals surface area contributed by atoms with Crippen molar-refractivity contribution in [1.82, 2.24) is 10.2 Å². The van der Waals surface area contributed by atoms with Gasteiger partial charge in [-0.15, -0.1) is 11.3 Å². The highest BCUT2D eigenvalue weighted by Gasteiger charge is 2.44. The van der Waals surface area contributed by atoms with Crippen LogP contribution in [0.4, 0.5) is 0 Å². The van der Waals surface area contributed by atoms with Crippen molar-refractivity contribution in [2.24, 2.45) is 0 Å². The fourth-order valence-corrected chi connectivity index (χ4v) is 5.04. The lowest BCUT2D eigenvalue weighted by Gasteiger charge is -2.41. The Morgan fingerprint density at radius 1 is 1.09 bits per heavy atom. The zero-order valence-electron chi connectivity index (χ0n) is 18.1. The minimum atomic E-state index is -0.523. The molecular formula is C25H26N2O4S. The van der Waals surface area contributed by atoms with Crippen molar-refractivity contribution in [3.8, 4) is 5.75 Å². The fraction of sp³-hybridized carbons (Fsp3) is 0.280. The number of carbonyl (C=O) groups excluding carboxylic acids is 2. The summed E-state index contributed by atoms with van der Waals surface area (Å²) in [6, 6.07) is 18.6. The molecule has 2 aromatic carbocycles. The molecule has 7 heteroatoms. The zero-order valence-corrected chi connectivity index (χ0v) is 18.9. The molecule has 3 aromatic rings. The summed E-state index contributed by atoms with van der Waals surface area (Å²) < 4.78 is 10.6. The summed E-state index contributed by atoms with van der Waals surface area (Å²) in [7, 11) is 3.23. The molecule has 0 unspecified atom stereocenters. The van der Waals surface area contributed by atoms with E-state index in [1.807, 2.05) is 60.0 Å². The van der Waals surface area contributed by atoms with Crippen molar-refractivity contribution < 1.29 is 19.1 Å². The third-order valence-electron chi connectivity index (χ3n) is 5.69. The Hall–Kier alpha value is -3.16. The van der Waals surface area contributed by atoms with Crippen LogP contribution in [0.25, 0.3) is 0 Å². The topological polar surface area (TPSA) is 67.9 Å². The minimum Gasteiger partial charge on any atom is -0.497 e. The molecule has 6 nitrogen and oxygen atoms in total. The molecule has 4 rings (SSSR count). The van der Waals surface area contributed by atoms with Crippen LogP contribution in [-0.4, -0.2) is 44.1 Å². The number of hydrogen-bond acceptors (Lipinski definition) is 5. The summed E-state index contributed by atoms with van der Waals surface area (Å²) in [6.07, 6.45) is 0. The first-order chi connectivity index (χ1) is 15.6. The number of thiophene rings is 1. The minimum absolute atomic E-state index is 0.0760. The molecule has 1 N–H and O–H groups in total. The van der Waals surface area contributed by atoms with Crippen LogP contribution in [0.1, 0.15) is 38.3 Å². The molecule has 0 saturated carbocycles. The number of nitrogens with zero attached hydrogens (tertiary/aromatic N) is 1. The maximum atomic E-state index is 13.6. The second kappa shape index (κ2) is 9.97. The number of ether oxygens (including phenoxy) is 2. The first-order valence-electron chi connectivity index (χ1n) is 10.5. The van der Waals surface area contributed by atoms with Crippen LogP contribution in [0, 0.1) is 0 Å². The highest BCUT2D eigenvalue weighted by molar-refractivity contribution is 7.10. The molecule has 2 amide bonds. The van der Waals surface area contributed by atoms with E-state index in [9.17, 15) is 9.59 Å². The van der Waals surface area contributed by atoms with Crippen LogP contribution in [0.2, 0.25) is 0 Å². The van der Waals surface area contributed by atoms with Crippen LogP contribution in [0.3, 0.4) is 0 Å². The second-order valence-electron chi connectivity index (χ2n) is 7.59. The number of fused-ring (bicyclic) bond motifs is 1. The lowest BCUT2D eigenvalue weighted by atomic mass is 9.81. The standard InChI is InChI=1S/C25H26N2O4S/c1-30-13-12-27-23(21-11-6-14-32-21)22(19-9-3-4-10-20(19)25(27)29)24(28)26-16-17-7-5-8-18(15-17)31-2/h3-11,14-15,22-23H,12-13,16H2,1-2H3,(H,26,28)/t22-,23-/m0/s1. The maximum Gasteiger partial charge on any atom is 0.254 e. The average Bonchev–Trinajstić information content (AvgIpc) is 3.36. The van der Waals surface area contributed by atoms with Gasteiger partial charge in [0.15, 0.2) is 0 Å². The molecular weight excluding hydrogens is 424 g/mol. The van der Waals surface area contributed by atoms with Gasteiger partial charge >= 0.3 is 0 Å². The lowest BCUT2D eigenvalue weighted by Crippen LogP contribution is -2.48. The van der Waals surface area contributed by atoms with Crippen LogP contribution >= 0.6 is 11.3 Å². The lowest BCUT2D eigenvalue weighted by molar-refractivity contribution is -0.124. The smallest absolute Gasteiger partial charge is 0.254 e. The molecule has 2 heterocycles. The van der Waals surface area contributed by atoms with Crippen LogP contribution in [0.5, 0.6) is 5.75 Å². The summed E-state index contributed by atoms with van der Waals surface area (Å²) in [5, 5.41) is 5.06. The first-order valence-corrected chi connectivity index (χ1v) is 11.3. The molecule has 0 spiro atoms. The van der Waals surface area contributed by atoms with E-state index in [0.717, 1.165) is 21.8 Å². The normalized spacial score (nSPS) is 17.7. The van der Waals surface area contributed by atoms with E-state index in [2.05, 4.69) is 5.32 Å². The molecule has 0 fully saturated rings. The molecule has 1 aliphatic heterocycles. The van der Waals surface area contributed by atoms with E-state index in [-0.39, 0.29) is 11.8 Å². The monoisotopic (exact) mass is 450 g/mol. The van der Waals surface area contributed by atoms with Crippen molar-refractivity contribution >= 4 is 23.2 Å². The highest BCUT2D eigenvalue weighted by atomic mass is 32.1. The Morgan fingerprint density at radius 3 is 2.69 bits per heavy atom. The SMILES string of the molecule is COCCN1C(=O)c2ccccc2[C@H](C(=O)NCc2cccc(OC)c2)[C@@H]1c1cccs1. The van der Waals surface area contributed by atoms with E-state index >= 15 is 0 Å². The van der Waals surface area contributed by atoms with Gasteiger partial charge in [-0.05, 0) is 40.8 Å². The van der Waals surface area contributed by atoms with Gasteiger partial charge in [0, 0.05) is 30.6 Å². The molecule has 2 atom stereocenters. The second-order valence-corrected chi connectivity index (χ2v) is 8.57.